The number of carbonyl (C=O) groups is 2. The molecule has 0 unspecified atom stereocenters. The molecule has 0 spiro atoms. The monoisotopic (exact) mass is 509 g/mol. The Balaban J connectivity index is 1.55. The predicted molar refractivity (Wildman–Crippen MR) is 146 cm³/mol. The van der Waals surface area contributed by atoms with Crippen LogP contribution in [0, 0.1) is 11.3 Å². The summed E-state index contributed by atoms with van der Waals surface area (Å²) in [6.07, 6.45) is 0. The molecule has 0 radical (unpaired) electrons. The molecule has 2 amide bonds. The molecule has 192 valence electrons. The normalized spacial score (nSPS) is 14.9. The van der Waals surface area contributed by atoms with Crippen LogP contribution in [0.15, 0.2) is 60.7 Å². The largest absolute Gasteiger partial charge is 0.486 e. The number of hydrogen-bond acceptors (Lipinski definition) is 7. The summed E-state index contributed by atoms with van der Waals surface area (Å²) in [5, 5.41) is 15.6. The van der Waals surface area contributed by atoms with Crippen molar-refractivity contribution in [2.24, 2.45) is 0 Å². The van der Waals surface area contributed by atoms with Crippen molar-refractivity contribution >= 4 is 40.1 Å². The number of nitriles is 1. The van der Waals surface area contributed by atoms with Gasteiger partial charge < -0.3 is 29.9 Å². The summed E-state index contributed by atoms with van der Waals surface area (Å²) in [6, 6.07) is 20.2. The van der Waals surface area contributed by atoms with Gasteiger partial charge in [-0.05, 0) is 68.7 Å². The van der Waals surface area contributed by atoms with E-state index in [1.165, 1.54) is 0 Å². The summed E-state index contributed by atoms with van der Waals surface area (Å²) < 4.78 is 11.5. The second-order valence-electron chi connectivity index (χ2n) is 9.30. The van der Waals surface area contributed by atoms with E-state index in [1.807, 2.05) is 61.5 Å². The summed E-state index contributed by atoms with van der Waals surface area (Å²) in [7, 11) is 5.44. The minimum absolute atomic E-state index is 0.0224. The SMILES string of the molecule is CN(C)CC(=O)N(C)c1ccc(N/C(=C2\C(=O)Nc3cc(C#N)ccc32)c2ccc3c(c2)OCCO3)cc1. The highest BCUT2D eigenvalue weighted by atomic mass is 16.6. The molecular weight excluding hydrogens is 482 g/mol. The van der Waals surface area contributed by atoms with E-state index in [1.54, 1.807) is 30.1 Å². The number of likely N-dealkylation sites (N-methyl/N-ethyl adjacent to an activating group) is 2. The van der Waals surface area contributed by atoms with Crippen molar-refractivity contribution in [3.8, 4) is 17.6 Å². The minimum atomic E-state index is -0.280. The van der Waals surface area contributed by atoms with Crippen LogP contribution in [0.3, 0.4) is 0 Å². The molecule has 5 rings (SSSR count). The van der Waals surface area contributed by atoms with Gasteiger partial charge in [-0.25, -0.2) is 0 Å². The molecule has 0 fully saturated rings. The highest BCUT2D eigenvalue weighted by Crippen LogP contribution is 2.40. The van der Waals surface area contributed by atoms with Crippen molar-refractivity contribution in [3.63, 3.8) is 0 Å². The number of anilines is 3. The molecule has 2 aliphatic heterocycles. The molecule has 0 bridgehead atoms. The zero-order chi connectivity index (χ0) is 26.8. The number of benzene rings is 3. The number of hydrogen-bond donors (Lipinski definition) is 2. The van der Waals surface area contributed by atoms with Crippen LogP contribution in [0.5, 0.6) is 11.5 Å². The molecule has 0 saturated heterocycles. The van der Waals surface area contributed by atoms with Crippen molar-refractivity contribution in [1.29, 1.82) is 5.26 Å². The van der Waals surface area contributed by atoms with Crippen molar-refractivity contribution < 1.29 is 19.1 Å². The van der Waals surface area contributed by atoms with Crippen LogP contribution in [0.1, 0.15) is 16.7 Å². The fraction of sp³-hybridized carbons (Fsp3) is 0.207. The van der Waals surface area contributed by atoms with Gasteiger partial charge in [0.25, 0.3) is 5.91 Å². The fourth-order valence-corrected chi connectivity index (χ4v) is 4.40. The molecule has 2 heterocycles. The molecule has 9 heteroatoms. The van der Waals surface area contributed by atoms with Crippen LogP contribution in [-0.2, 0) is 9.59 Å². The number of rotatable bonds is 6. The van der Waals surface area contributed by atoms with Gasteiger partial charge in [0.1, 0.15) is 13.2 Å². The van der Waals surface area contributed by atoms with Gasteiger partial charge in [0.2, 0.25) is 5.91 Å². The van der Waals surface area contributed by atoms with Crippen molar-refractivity contribution in [2.75, 3.05) is 56.4 Å². The summed E-state index contributed by atoms with van der Waals surface area (Å²) in [5.74, 6) is 0.946. The number of fused-ring (bicyclic) bond motifs is 2. The second-order valence-corrected chi connectivity index (χ2v) is 9.30. The quantitative estimate of drug-likeness (QED) is 0.487. The van der Waals surface area contributed by atoms with Gasteiger partial charge in [-0.1, -0.05) is 6.07 Å². The van der Waals surface area contributed by atoms with E-state index in [0.29, 0.717) is 59.3 Å². The first-order valence-electron chi connectivity index (χ1n) is 12.1. The molecule has 0 atom stereocenters. The van der Waals surface area contributed by atoms with E-state index >= 15 is 0 Å². The molecular formula is C29H27N5O4. The van der Waals surface area contributed by atoms with Gasteiger partial charge in [-0.15, -0.1) is 0 Å². The topological polar surface area (TPSA) is 107 Å². The lowest BCUT2D eigenvalue weighted by Crippen LogP contribution is -2.34. The molecule has 2 N–H and O–H groups in total. The summed E-state index contributed by atoms with van der Waals surface area (Å²) in [6.45, 7) is 1.23. The average Bonchev–Trinajstić information content (AvgIpc) is 3.25. The van der Waals surface area contributed by atoms with Crippen LogP contribution >= 0.6 is 0 Å². The van der Waals surface area contributed by atoms with Crippen LogP contribution in [0.4, 0.5) is 17.1 Å². The fourth-order valence-electron chi connectivity index (χ4n) is 4.40. The Hall–Kier alpha value is -4.81. The average molecular weight is 510 g/mol. The van der Waals surface area contributed by atoms with Crippen LogP contribution < -0.4 is 25.0 Å². The summed E-state index contributed by atoms with van der Waals surface area (Å²) in [5.41, 5.74) is 4.98. The molecule has 0 aliphatic carbocycles. The van der Waals surface area contributed by atoms with Gasteiger partial charge in [0, 0.05) is 29.5 Å². The molecule has 0 saturated carbocycles. The molecule has 38 heavy (non-hydrogen) atoms. The van der Waals surface area contributed by atoms with Crippen molar-refractivity contribution in [2.45, 2.75) is 0 Å². The first kappa shape index (κ1) is 24.9. The lowest BCUT2D eigenvalue weighted by molar-refractivity contribution is -0.119. The zero-order valence-electron chi connectivity index (χ0n) is 21.4. The Morgan fingerprint density at radius 3 is 2.45 bits per heavy atom. The van der Waals surface area contributed by atoms with Gasteiger partial charge in [0.15, 0.2) is 11.5 Å². The van der Waals surface area contributed by atoms with Crippen LogP contribution in [0.25, 0.3) is 11.3 Å². The van der Waals surface area contributed by atoms with Crippen molar-refractivity contribution in [3.05, 3.63) is 77.4 Å². The third-order valence-corrected chi connectivity index (χ3v) is 6.32. The Morgan fingerprint density at radius 2 is 1.74 bits per heavy atom. The van der Waals surface area contributed by atoms with E-state index in [0.717, 1.165) is 16.9 Å². The maximum atomic E-state index is 13.2. The van der Waals surface area contributed by atoms with Crippen molar-refractivity contribution in [1.82, 2.24) is 4.90 Å². The molecule has 3 aromatic carbocycles. The van der Waals surface area contributed by atoms with E-state index in [9.17, 15) is 14.9 Å². The number of carbonyl (C=O) groups excluding carboxylic acids is 2. The third kappa shape index (κ3) is 4.90. The van der Waals surface area contributed by atoms with Gasteiger partial charge in [-0.3, -0.25) is 9.59 Å². The van der Waals surface area contributed by atoms with E-state index < -0.39 is 0 Å². The standard InChI is InChI=1S/C29H27N5O4/c1-33(2)17-26(35)34(3)21-8-6-20(7-9-21)31-28(19-5-11-24-25(15-19)38-13-12-37-24)27-22-10-4-18(16-30)14-23(22)32-29(27)36/h4-11,14-15,31H,12-13,17H2,1-3H3,(H,32,36)/b28-27-. The van der Waals surface area contributed by atoms with Crippen LogP contribution in [0.2, 0.25) is 0 Å². The number of nitrogens with zero attached hydrogens (tertiary/aromatic N) is 3. The summed E-state index contributed by atoms with van der Waals surface area (Å²) >= 11 is 0. The highest BCUT2D eigenvalue weighted by Gasteiger charge is 2.29. The Bertz CT molecular complexity index is 1490. The second kappa shape index (κ2) is 10.3. The summed E-state index contributed by atoms with van der Waals surface area (Å²) in [4.78, 5) is 29.1. The number of nitrogens with one attached hydrogen (secondary N) is 2. The molecule has 0 aromatic heterocycles. The van der Waals surface area contributed by atoms with Crippen LogP contribution in [-0.4, -0.2) is 57.6 Å². The van der Waals surface area contributed by atoms with E-state index in [-0.39, 0.29) is 11.8 Å². The number of ether oxygens (including phenoxy) is 2. The highest BCUT2D eigenvalue weighted by molar-refractivity contribution is 6.37. The maximum Gasteiger partial charge on any atom is 0.258 e. The predicted octanol–water partition coefficient (Wildman–Crippen LogP) is 3.79. The lowest BCUT2D eigenvalue weighted by atomic mass is 9.98. The smallest absolute Gasteiger partial charge is 0.258 e. The lowest BCUT2D eigenvalue weighted by Gasteiger charge is -2.22. The first-order chi connectivity index (χ1) is 18.3. The zero-order valence-corrected chi connectivity index (χ0v) is 21.4. The molecule has 3 aromatic rings. The third-order valence-electron chi connectivity index (χ3n) is 6.32. The molecule has 2 aliphatic rings. The molecule has 9 nitrogen and oxygen atoms in total. The minimum Gasteiger partial charge on any atom is -0.486 e. The van der Waals surface area contributed by atoms with E-state index in [2.05, 4.69) is 16.7 Å². The Labute approximate surface area is 220 Å². The Morgan fingerprint density at radius 1 is 1.00 bits per heavy atom. The number of amides is 2. The Kier molecular flexibility index (Phi) is 6.73. The van der Waals surface area contributed by atoms with Gasteiger partial charge in [-0.2, -0.15) is 5.26 Å². The van der Waals surface area contributed by atoms with E-state index in [4.69, 9.17) is 9.47 Å². The maximum absolute atomic E-state index is 13.2. The first-order valence-corrected chi connectivity index (χ1v) is 12.1. The van der Waals surface area contributed by atoms with Gasteiger partial charge in [0.05, 0.1) is 35.1 Å². The van der Waals surface area contributed by atoms with Gasteiger partial charge >= 0.3 is 0 Å².